The first kappa shape index (κ1) is 17.3. The van der Waals surface area contributed by atoms with E-state index >= 15 is 0 Å². The monoisotopic (exact) mass is 373 g/mol. The standard InChI is InChI=1S/C22H23N5O/c28-22(25-16-7-8-19-15(10-16)13-24-27-19)18-11-21(14-4-3-9-23-12-14)26-20-6-2-1-5-17(18)20/h1-6,9,11-12,15-16,19,24,27H,7-8,10,13H2,(H,25,28). The molecular formula is C22H23N5O. The number of benzene rings is 1. The molecule has 3 atom stereocenters. The number of amides is 1. The fourth-order valence-corrected chi connectivity index (χ4v) is 4.42. The molecule has 0 bridgehead atoms. The molecule has 28 heavy (non-hydrogen) atoms. The molecule has 6 heteroatoms. The summed E-state index contributed by atoms with van der Waals surface area (Å²) in [4.78, 5) is 22.1. The van der Waals surface area contributed by atoms with Crippen LogP contribution in [0.15, 0.2) is 54.9 Å². The summed E-state index contributed by atoms with van der Waals surface area (Å²) in [6.45, 7) is 0.973. The smallest absolute Gasteiger partial charge is 0.252 e. The minimum atomic E-state index is -0.0221. The van der Waals surface area contributed by atoms with E-state index < -0.39 is 0 Å². The Bertz CT molecular complexity index is 1010. The van der Waals surface area contributed by atoms with E-state index in [0.29, 0.717) is 17.5 Å². The Balaban J connectivity index is 1.46. The molecule has 1 saturated heterocycles. The highest BCUT2D eigenvalue weighted by Crippen LogP contribution is 2.28. The zero-order valence-corrected chi connectivity index (χ0v) is 15.6. The summed E-state index contributed by atoms with van der Waals surface area (Å²) < 4.78 is 0. The number of pyridine rings is 2. The average Bonchev–Trinajstić information content (AvgIpc) is 3.21. The lowest BCUT2D eigenvalue weighted by Gasteiger charge is -2.31. The lowest BCUT2D eigenvalue weighted by atomic mass is 9.83. The first-order valence-electron chi connectivity index (χ1n) is 9.87. The second kappa shape index (κ2) is 7.30. The summed E-state index contributed by atoms with van der Waals surface area (Å²) in [5.41, 5.74) is 9.75. The minimum Gasteiger partial charge on any atom is -0.349 e. The number of fused-ring (bicyclic) bond motifs is 2. The Morgan fingerprint density at radius 2 is 2.07 bits per heavy atom. The van der Waals surface area contributed by atoms with Gasteiger partial charge in [-0.15, -0.1) is 0 Å². The molecule has 5 rings (SSSR count). The average molecular weight is 373 g/mol. The SMILES string of the molecule is O=C(NC1CCC2NNCC2C1)c1cc(-c2cccnc2)nc2ccccc12. The van der Waals surface area contributed by atoms with E-state index in [1.807, 2.05) is 42.5 Å². The molecule has 1 amide bonds. The molecule has 2 aromatic heterocycles. The maximum atomic E-state index is 13.2. The number of nitrogens with zero attached hydrogens (tertiary/aromatic N) is 2. The third-order valence-corrected chi connectivity index (χ3v) is 5.89. The molecular weight excluding hydrogens is 350 g/mol. The summed E-state index contributed by atoms with van der Waals surface area (Å²) in [6, 6.07) is 14.3. The predicted molar refractivity (Wildman–Crippen MR) is 108 cm³/mol. The predicted octanol–water partition coefficient (Wildman–Crippen LogP) is 2.67. The lowest BCUT2D eigenvalue weighted by molar-refractivity contribution is 0.0920. The van der Waals surface area contributed by atoms with Gasteiger partial charge in [0.1, 0.15) is 0 Å². The van der Waals surface area contributed by atoms with Crippen LogP contribution in [-0.2, 0) is 0 Å². The number of nitrogens with one attached hydrogen (secondary N) is 3. The van der Waals surface area contributed by atoms with Crippen LogP contribution in [0.25, 0.3) is 22.2 Å². The second-order valence-electron chi connectivity index (χ2n) is 7.69. The van der Waals surface area contributed by atoms with Crippen LogP contribution in [0.5, 0.6) is 0 Å². The summed E-state index contributed by atoms with van der Waals surface area (Å²) in [6.07, 6.45) is 6.61. The molecule has 142 valence electrons. The van der Waals surface area contributed by atoms with E-state index in [0.717, 1.165) is 48.0 Å². The molecule has 3 heterocycles. The van der Waals surface area contributed by atoms with E-state index in [-0.39, 0.29) is 11.9 Å². The van der Waals surface area contributed by atoms with Crippen LogP contribution in [0.2, 0.25) is 0 Å². The summed E-state index contributed by atoms with van der Waals surface area (Å²) >= 11 is 0. The van der Waals surface area contributed by atoms with Gasteiger partial charge in [0.25, 0.3) is 5.91 Å². The van der Waals surface area contributed by atoms with Gasteiger partial charge in [-0.3, -0.25) is 20.6 Å². The fraction of sp³-hybridized carbons (Fsp3) is 0.318. The van der Waals surface area contributed by atoms with Crippen molar-refractivity contribution in [3.63, 3.8) is 0 Å². The zero-order chi connectivity index (χ0) is 18.9. The van der Waals surface area contributed by atoms with Crippen LogP contribution in [0.3, 0.4) is 0 Å². The topological polar surface area (TPSA) is 78.9 Å². The number of carbonyl (C=O) groups excluding carboxylic acids is 1. The minimum absolute atomic E-state index is 0.0221. The van der Waals surface area contributed by atoms with Gasteiger partial charge in [0.2, 0.25) is 0 Å². The van der Waals surface area contributed by atoms with Gasteiger partial charge in [0.05, 0.1) is 16.8 Å². The van der Waals surface area contributed by atoms with E-state index in [1.54, 1.807) is 12.4 Å². The third-order valence-electron chi connectivity index (χ3n) is 5.89. The van der Waals surface area contributed by atoms with Crippen molar-refractivity contribution in [2.75, 3.05) is 6.54 Å². The largest absolute Gasteiger partial charge is 0.349 e. The van der Waals surface area contributed by atoms with E-state index in [9.17, 15) is 4.79 Å². The highest BCUT2D eigenvalue weighted by Gasteiger charge is 2.34. The number of aromatic nitrogens is 2. The summed E-state index contributed by atoms with van der Waals surface area (Å²) in [7, 11) is 0. The number of carbonyl (C=O) groups is 1. The fourth-order valence-electron chi connectivity index (χ4n) is 4.42. The van der Waals surface area contributed by atoms with Crippen molar-refractivity contribution in [2.45, 2.75) is 31.3 Å². The van der Waals surface area contributed by atoms with Gasteiger partial charge in [-0.05, 0) is 49.4 Å². The van der Waals surface area contributed by atoms with E-state index in [2.05, 4.69) is 21.2 Å². The molecule has 3 unspecified atom stereocenters. The zero-order valence-electron chi connectivity index (χ0n) is 15.6. The Morgan fingerprint density at radius 1 is 1.14 bits per heavy atom. The highest BCUT2D eigenvalue weighted by molar-refractivity contribution is 6.07. The van der Waals surface area contributed by atoms with Crippen LogP contribution >= 0.6 is 0 Å². The first-order valence-corrected chi connectivity index (χ1v) is 9.87. The van der Waals surface area contributed by atoms with Crippen LogP contribution in [0.1, 0.15) is 29.6 Å². The Kier molecular flexibility index (Phi) is 4.50. The van der Waals surface area contributed by atoms with Gasteiger partial charge in [-0.25, -0.2) is 4.98 Å². The van der Waals surface area contributed by atoms with Gasteiger partial charge < -0.3 is 5.32 Å². The number of hydrogen-bond donors (Lipinski definition) is 3. The molecule has 1 saturated carbocycles. The Morgan fingerprint density at radius 3 is 2.96 bits per heavy atom. The molecule has 2 fully saturated rings. The lowest BCUT2D eigenvalue weighted by Crippen LogP contribution is -2.44. The van der Waals surface area contributed by atoms with Crippen molar-refractivity contribution < 1.29 is 4.79 Å². The van der Waals surface area contributed by atoms with Gasteiger partial charge in [0.15, 0.2) is 0 Å². The third kappa shape index (κ3) is 3.25. The molecule has 6 nitrogen and oxygen atoms in total. The van der Waals surface area contributed by atoms with Gasteiger partial charge >= 0.3 is 0 Å². The van der Waals surface area contributed by atoms with Crippen molar-refractivity contribution in [3.8, 4) is 11.3 Å². The van der Waals surface area contributed by atoms with Crippen LogP contribution in [0.4, 0.5) is 0 Å². The maximum absolute atomic E-state index is 13.2. The number of hydrazine groups is 1. The summed E-state index contributed by atoms with van der Waals surface area (Å²) in [5.74, 6) is 0.560. The van der Waals surface area contributed by atoms with Crippen molar-refractivity contribution in [1.29, 1.82) is 0 Å². The van der Waals surface area contributed by atoms with Crippen LogP contribution in [0, 0.1) is 5.92 Å². The molecule has 3 aromatic rings. The molecule has 3 N–H and O–H groups in total. The molecule has 1 aromatic carbocycles. The van der Waals surface area contributed by atoms with Crippen molar-refractivity contribution in [3.05, 3.63) is 60.4 Å². The van der Waals surface area contributed by atoms with Crippen molar-refractivity contribution in [1.82, 2.24) is 26.1 Å². The molecule has 2 aliphatic rings. The molecule has 1 aliphatic carbocycles. The van der Waals surface area contributed by atoms with Crippen molar-refractivity contribution in [2.24, 2.45) is 5.92 Å². The number of rotatable bonds is 3. The first-order chi connectivity index (χ1) is 13.8. The van der Waals surface area contributed by atoms with E-state index in [4.69, 9.17) is 4.98 Å². The van der Waals surface area contributed by atoms with Crippen molar-refractivity contribution >= 4 is 16.8 Å². The van der Waals surface area contributed by atoms with Gasteiger partial charge in [0, 0.05) is 42.0 Å². The maximum Gasteiger partial charge on any atom is 0.252 e. The summed E-state index contributed by atoms with van der Waals surface area (Å²) in [5, 5.41) is 4.16. The molecule has 0 radical (unpaired) electrons. The number of para-hydroxylation sites is 1. The molecule has 1 aliphatic heterocycles. The van der Waals surface area contributed by atoms with Gasteiger partial charge in [-0.1, -0.05) is 18.2 Å². The normalized spacial score (nSPS) is 24.1. The highest BCUT2D eigenvalue weighted by atomic mass is 16.1. The second-order valence-corrected chi connectivity index (χ2v) is 7.69. The Labute approximate surface area is 163 Å². The van der Waals surface area contributed by atoms with Crippen LogP contribution in [-0.4, -0.2) is 34.5 Å². The quantitative estimate of drug-likeness (QED) is 0.658. The van der Waals surface area contributed by atoms with Crippen LogP contribution < -0.4 is 16.2 Å². The number of hydrogen-bond acceptors (Lipinski definition) is 5. The Hall–Kier alpha value is -2.83. The van der Waals surface area contributed by atoms with Gasteiger partial charge in [-0.2, -0.15) is 0 Å². The van der Waals surface area contributed by atoms with E-state index in [1.165, 1.54) is 0 Å². The molecule has 0 spiro atoms.